The zero-order chi connectivity index (χ0) is 12.1. The van der Waals surface area contributed by atoms with Crippen LogP contribution >= 0.6 is 11.3 Å². The molecule has 15 heavy (non-hydrogen) atoms. The fraction of sp³-hybridized carbons (Fsp3) is 0.625. The fourth-order valence-corrected chi connectivity index (χ4v) is 1.96. The van der Waals surface area contributed by atoms with Crippen LogP contribution in [0.2, 0.25) is 0 Å². The number of thiazole rings is 1. The van der Waals surface area contributed by atoms with Gasteiger partial charge in [-0.25, -0.2) is 10.1 Å². The Morgan fingerprint density at radius 2 is 2.07 bits per heavy atom. The molecule has 0 aliphatic heterocycles. The van der Waals surface area contributed by atoms with Crippen molar-refractivity contribution in [2.45, 2.75) is 27.3 Å². The van der Waals surface area contributed by atoms with Crippen molar-refractivity contribution in [3.63, 3.8) is 0 Å². The second-order valence-electron chi connectivity index (χ2n) is 2.68. The van der Waals surface area contributed by atoms with Gasteiger partial charge in [0.25, 0.3) is 10.2 Å². The van der Waals surface area contributed by atoms with Crippen LogP contribution in [0.15, 0.2) is 5.38 Å². The maximum Gasteiger partial charge on any atom is 0.277 e. The SMILES string of the molecule is CC.Cc1csc(CN(C)S(N)(=O)=O)n1. The van der Waals surface area contributed by atoms with Crippen molar-refractivity contribution in [2.75, 3.05) is 7.05 Å². The third kappa shape index (κ3) is 5.22. The van der Waals surface area contributed by atoms with Gasteiger partial charge >= 0.3 is 0 Å². The average Bonchev–Trinajstić information content (AvgIpc) is 2.53. The van der Waals surface area contributed by atoms with Crippen LogP contribution in [-0.4, -0.2) is 24.8 Å². The molecule has 0 spiro atoms. The van der Waals surface area contributed by atoms with Crippen LogP contribution in [0.1, 0.15) is 24.5 Å². The van der Waals surface area contributed by atoms with Crippen molar-refractivity contribution in [2.24, 2.45) is 5.14 Å². The molecule has 0 bridgehead atoms. The number of aromatic nitrogens is 1. The Morgan fingerprint density at radius 3 is 2.40 bits per heavy atom. The second kappa shape index (κ2) is 6.16. The molecule has 88 valence electrons. The monoisotopic (exact) mass is 251 g/mol. The van der Waals surface area contributed by atoms with Crippen LogP contribution in [0, 0.1) is 6.92 Å². The molecule has 1 aromatic rings. The summed E-state index contributed by atoms with van der Waals surface area (Å²) in [7, 11) is -2.17. The quantitative estimate of drug-likeness (QED) is 0.874. The van der Waals surface area contributed by atoms with Gasteiger partial charge in [-0.2, -0.15) is 12.7 Å². The maximum absolute atomic E-state index is 10.8. The zero-order valence-corrected chi connectivity index (χ0v) is 11.0. The molecule has 5 nitrogen and oxygen atoms in total. The Morgan fingerprint density at radius 1 is 1.53 bits per heavy atom. The van der Waals surface area contributed by atoms with Gasteiger partial charge in [0.2, 0.25) is 0 Å². The van der Waals surface area contributed by atoms with E-state index < -0.39 is 10.2 Å². The first-order chi connectivity index (χ1) is 6.89. The number of aryl methyl sites for hydroxylation is 1. The molecule has 0 aliphatic carbocycles. The highest BCUT2D eigenvalue weighted by atomic mass is 32.2. The van der Waals surface area contributed by atoms with Crippen molar-refractivity contribution < 1.29 is 8.42 Å². The standard InChI is InChI=1S/C6H11N3O2S2.C2H6/c1-5-4-12-6(8-5)3-9(2)13(7,10)11;1-2/h4H,3H2,1-2H3,(H2,7,10,11);1-2H3. The second-order valence-corrected chi connectivity index (χ2v) is 5.28. The van der Waals surface area contributed by atoms with Gasteiger partial charge in [0.1, 0.15) is 5.01 Å². The Hall–Kier alpha value is -0.500. The molecular weight excluding hydrogens is 234 g/mol. The summed E-state index contributed by atoms with van der Waals surface area (Å²) in [5.74, 6) is 0. The van der Waals surface area contributed by atoms with Crippen LogP contribution in [0.3, 0.4) is 0 Å². The first-order valence-corrected chi connectivity index (χ1v) is 6.93. The Bertz CT molecular complexity index is 386. The lowest BCUT2D eigenvalue weighted by Crippen LogP contribution is -2.32. The smallest absolute Gasteiger partial charge is 0.245 e. The van der Waals surface area contributed by atoms with Gasteiger partial charge < -0.3 is 0 Å². The van der Waals surface area contributed by atoms with Crippen molar-refractivity contribution in [1.29, 1.82) is 0 Å². The number of nitrogens with two attached hydrogens (primary N) is 1. The van der Waals surface area contributed by atoms with Gasteiger partial charge in [-0.15, -0.1) is 11.3 Å². The molecule has 0 saturated heterocycles. The van der Waals surface area contributed by atoms with Gasteiger partial charge in [-0.3, -0.25) is 0 Å². The van der Waals surface area contributed by atoms with E-state index in [1.165, 1.54) is 18.4 Å². The van der Waals surface area contributed by atoms with E-state index in [0.29, 0.717) is 0 Å². The molecule has 0 saturated carbocycles. The normalized spacial score (nSPS) is 11.1. The summed E-state index contributed by atoms with van der Waals surface area (Å²) in [6, 6.07) is 0. The van der Waals surface area contributed by atoms with Crippen molar-refractivity contribution in [1.82, 2.24) is 9.29 Å². The summed E-state index contributed by atoms with van der Waals surface area (Å²) in [5, 5.41) is 7.52. The van der Waals surface area contributed by atoms with E-state index in [4.69, 9.17) is 5.14 Å². The molecule has 1 heterocycles. The van der Waals surface area contributed by atoms with Crippen LogP contribution in [0.4, 0.5) is 0 Å². The molecule has 1 aromatic heterocycles. The highest BCUT2D eigenvalue weighted by molar-refractivity contribution is 7.86. The van der Waals surface area contributed by atoms with Crippen LogP contribution < -0.4 is 5.14 Å². The predicted molar refractivity (Wildman–Crippen MR) is 62.8 cm³/mol. The maximum atomic E-state index is 10.8. The summed E-state index contributed by atoms with van der Waals surface area (Å²) < 4.78 is 22.7. The minimum atomic E-state index is -3.59. The molecule has 0 amide bonds. The first-order valence-electron chi connectivity index (χ1n) is 4.54. The van der Waals surface area contributed by atoms with Gasteiger partial charge in [0, 0.05) is 18.1 Å². The lowest BCUT2D eigenvalue weighted by atomic mass is 10.6. The summed E-state index contributed by atoms with van der Waals surface area (Å²) in [6.07, 6.45) is 0. The van der Waals surface area contributed by atoms with Crippen LogP contribution in [0.5, 0.6) is 0 Å². The summed E-state index contributed by atoms with van der Waals surface area (Å²) >= 11 is 1.42. The summed E-state index contributed by atoms with van der Waals surface area (Å²) in [5.41, 5.74) is 0.891. The van der Waals surface area contributed by atoms with E-state index >= 15 is 0 Å². The van der Waals surface area contributed by atoms with Crippen molar-refractivity contribution >= 4 is 21.5 Å². The molecule has 7 heteroatoms. The van der Waals surface area contributed by atoms with E-state index in [9.17, 15) is 8.42 Å². The number of hydrogen-bond acceptors (Lipinski definition) is 4. The van der Waals surface area contributed by atoms with E-state index in [1.807, 2.05) is 26.2 Å². The molecule has 0 aromatic carbocycles. The van der Waals surface area contributed by atoms with Crippen molar-refractivity contribution in [3.05, 3.63) is 16.1 Å². The van der Waals surface area contributed by atoms with Crippen molar-refractivity contribution in [3.8, 4) is 0 Å². The van der Waals surface area contributed by atoms with Gasteiger partial charge in [0.05, 0.1) is 6.54 Å². The van der Waals surface area contributed by atoms with Crippen LogP contribution in [0.25, 0.3) is 0 Å². The first kappa shape index (κ1) is 14.5. The van der Waals surface area contributed by atoms with E-state index in [2.05, 4.69) is 4.98 Å². The van der Waals surface area contributed by atoms with E-state index in [1.54, 1.807) is 0 Å². The molecule has 0 radical (unpaired) electrons. The molecular formula is C8H17N3O2S2. The molecule has 0 unspecified atom stereocenters. The highest BCUT2D eigenvalue weighted by Gasteiger charge is 2.13. The zero-order valence-electron chi connectivity index (χ0n) is 9.39. The van der Waals surface area contributed by atoms with Gasteiger partial charge in [-0.1, -0.05) is 13.8 Å². The largest absolute Gasteiger partial charge is 0.277 e. The molecule has 0 atom stereocenters. The molecule has 0 fully saturated rings. The number of rotatable bonds is 3. The third-order valence-electron chi connectivity index (χ3n) is 1.46. The van der Waals surface area contributed by atoms with Gasteiger partial charge in [-0.05, 0) is 6.92 Å². The summed E-state index contributed by atoms with van der Waals surface area (Å²) in [4.78, 5) is 4.12. The highest BCUT2D eigenvalue weighted by Crippen LogP contribution is 2.11. The molecule has 0 aliphatic rings. The Kier molecular flexibility index (Phi) is 5.96. The lowest BCUT2D eigenvalue weighted by molar-refractivity contribution is 0.467. The van der Waals surface area contributed by atoms with Crippen LogP contribution in [-0.2, 0) is 16.8 Å². The van der Waals surface area contributed by atoms with E-state index in [-0.39, 0.29) is 6.54 Å². The Labute approximate surface area is 95.1 Å². The number of nitrogens with zero attached hydrogens (tertiary/aromatic N) is 2. The topological polar surface area (TPSA) is 76.3 Å². The summed E-state index contributed by atoms with van der Waals surface area (Å²) in [6.45, 7) is 6.09. The van der Waals surface area contributed by atoms with Gasteiger partial charge in [0.15, 0.2) is 0 Å². The third-order valence-corrected chi connectivity index (χ3v) is 3.41. The lowest BCUT2D eigenvalue weighted by Gasteiger charge is -2.10. The fourth-order valence-electron chi connectivity index (χ4n) is 0.756. The predicted octanol–water partition coefficient (Wildman–Crippen LogP) is 1.11. The minimum absolute atomic E-state index is 0.233. The molecule has 1 rings (SSSR count). The Balaban J connectivity index is 0.000000921. The number of hydrogen-bond donors (Lipinski definition) is 1. The minimum Gasteiger partial charge on any atom is -0.245 e. The molecule has 2 N–H and O–H groups in total. The average molecular weight is 251 g/mol. The van der Waals surface area contributed by atoms with E-state index in [0.717, 1.165) is 15.0 Å².